The molecular formula is C14H13NO2. The maximum Gasteiger partial charge on any atom is 0.148 e. The molecule has 2 aromatic carbocycles. The number of hydrogen-bond acceptors (Lipinski definition) is 3. The molecule has 0 saturated heterocycles. The molecule has 0 saturated carbocycles. The first-order chi connectivity index (χ1) is 8.31. The molecule has 0 atom stereocenters. The number of phenols is 1. The average Bonchev–Trinajstić information content (AvgIpc) is 2.38. The second-order valence-corrected chi connectivity index (χ2v) is 3.50. The number of aromatic hydroxyl groups is 1. The summed E-state index contributed by atoms with van der Waals surface area (Å²) in [5.74, 6) is 0.661. The molecule has 0 bridgehead atoms. The minimum Gasteiger partial charge on any atom is -0.506 e. The molecule has 86 valence electrons. The van der Waals surface area contributed by atoms with Crippen LogP contribution >= 0.6 is 0 Å². The molecule has 1 N–H and O–H groups in total. The molecule has 0 aliphatic carbocycles. The number of phenolic OH excluding ortho intramolecular Hbond substituents is 1. The van der Waals surface area contributed by atoms with Crippen molar-refractivity contribution in [2.24, 2.45) is 4.99 Å². The fraction of sp³-hybridized carbons (Fsp3) is 0.0714. The first-order valence-electron chi connectivity index (χ1n) is 5.26. The van der Waals surface area contributed by atoms with Crippen molar-refractivity contribution >= 4 is 11.9 Å². The summed E-state index contributed by atoms with van der Waals surface area (Å²) in [6.07, 6.45) is 1.69. The van der Waals surface area contributed by atoms with Crippen LogP contribution in [0.15, 0.2) is 53.5 Å². The lowest BCUT2D eigenvalue weighted by Gasteiger charge is -2.05. The van der Waals surface area contributed by atoms with Gasteiger partial charge >= 0.3 is 0 Å². The lowest BCUT2D eigenvalue weighted by Crippen LogP contribution is -1.84. The van der Waals surface area contributed by atoms with E-state index in [1.54, 1.807) is 31.5 Å². The van der Waals surface area contributed by atoms with Gasteiger partial charge in [-0.25, -0.2) is 4.99 Å². The lowest BCUT2D eigenvalue weighted by molar-refractivity contribution is 0.410. The van der Waals surface area contributed by atoms with E-state index >= 15 is 0 Å². The summed E-state index contributed by atoms with van der Waals surface area (Å²) in [6, 6.07) is 14.8. The Bertz CT molecular complexity index is 521. The fourth-order valence-corrected chi connectivity index (χ4v) is 1.48. The molecule has 0 unspecified atom stereocenters. The monoisotopic (exact) mass is 227 g/mol. The van der Waals surface area contributed by atoms with Gasteiger partial charge in [0, 0.05) is 6.21 Å². The van der Waals surface area contributed by atoms with E-state index in [-0.39, 0.29) is 5.75 Å². The first-order valence-corrected chi connectivity index (χ1v) is 5.26. The van der Waals surface area contributed by atoms with Crippen LogP contribution in [-0.4, -0.2) is 18.4 Å². The van der Waals surface area contributed by atoms with E-state index in [0.717, 1.165) is 5.56 Å². The number of nitrogens with zero attached hydrogens (tertiary/aromatic N) is 1. The predicted molar refractivity (Wildman–Crippen MR) is 68.4 cm³/mol. The van der Waals surface area contributed by atoms with Gasteiger partial charge in [0.2, 0.25) is 0 Å². The van der Waals surface area contributed by atoms with Crippen molar-refractivity contribution in [2.45, 2.75) is 0 Å². The molecule has 0 aliphatic rings. The van der Waals surface area contributed by atoms with Gasteiger partial charge < -0.3 is 9.84 Å². The topological polar surface area (TPSA) is 41.8 Å². The van der Waals surface area contributed by atoms with Crippen LogP contribution in [0.25, 0.3) is 0 Å². The smallest absolute Gasteiger partial charge is 0.148 e. The van der Waals surface area contributed by atoms with Crippen LogP contribution in [-0.2, 0) is 0 Å². The van der Waals surface area contributed by atoms with Crippen LogP contribution in [0.3, 0.4) is 0 Å². The Morgan fingerprint density at radius 1 is 1.06 bits per heavy atom. The van der Waals surface area contributed by atoms with Crippen molar-refractivity contribution in [1.29, 1.82) is 0 Å². The Kier molecular flexibility index (Phi) is 3.40. The Morgan fingerprint density at radius 3 is 2.53 bits per heavy atom. The molecule has 3 heteroatoms. The highest BCUT2D eigenvalue weighted by atomic mass is 16.5. The molecule has 0 aliphatic heterocycles. The maximum absolute atomic E-state index is 9.71. The second kappa shape index (κ2) is 5.16. The SMILES string of the molecule is COc1cccc(O)c1N=Cc1ccccc1. The standard InChI is InChI=1S/C14H13NO2/c1-17-13-9-5-8-12(16)14(13)15-10-11-6-3-2-4-7-11/h2-10,16H,1H3. The van der Waals surface area contributed by atoms with Gasteiger partial charge in [-0.1, -0.05) is 36.4 Å². The van der Waals surface area contributed by atoms with Gasteiger partial charge in [0.05, 0.1) is 7.11 Å². The van der Waals surface area contributed by atoms with E-state index in [1.807, 2.05) is 30.3 Å². The van der Waals surface area contributed by atoms with Crippen molar-refractivity contribution in [3.05, 3.63) is 54.1 Å². The quantitative estimate of drug-likeness (QED) is 0.818. The van der Waals surface area contributed by atoms with E-state index < -0.39 is 0 Å². The number of benzene rings is 2. The molecule has 0 radical (unpaired) electrons. The van der Waals surface area contributed by atoms with Gasteiger partial charge in [-0.3, -0.25) is 0 Å². The minimum absolute atomic E-state index is 0.108. The third-order valence-electron chi connectivity index (χ3n) is 2.34. The van der Waals surface area contributed by atoms with Gasteiger partial charge in [-0.05, 0) is 17.7 Å². The lowest BCUT2D eigenvalue weighted by atomic mass is 10.2. The third kappa shape index (κ3) is 2.64. The van der Waals surface area contributed by atoms with E-state index in [2.05, 4.69) is 4.99 Å². The van der Waals surface area contributed by atoms with Crippen molar-refractivity contribution in [3.8, 4) is 11.5 Å². The summed E-state index contributed by atoms with van der Waals surface area (Å²) >= 11 is 0. The fourth-order valence-electron chi connectivity index (χ4n) is 1.48. The summed E-state index contributed by atoms with van der Waals surface area (Å²) in [7, 11) is 1.55. The summed E-state index contributed by atoms with van der Waals surface area (Å²) < 4.78 is 5.14. The van der Waals surface area contributed by atoms with Crippen LogP contribution in [0.2, 0.25) is 0 Å². The number of para-hydroxylation sites is 1. The number of ether oxygens (including phenoxy) is 1. The molecule has 2 rings (SSSR count). The maximum atomic E-state index is 9.71. The summed E-state index contributed by atoms with van der Waals surface area (Å²) in [5.41, 5.74) is 1.41. The third-order valence-corrected chi connectivity index (χ3v) is 2.34. The van der Waals surface area contributed by atoms with E-state index in [9.17, 15) is 5.11 Å². The highest BCUT2D eigenvalue weighted by molar-refractivity contribution is 5.83. The van der Waals surface area contributed by atoms with Crippen molar-refractivity contribution in [1.82, 2.24) is 0 Å². The zero-order valence-corrected chi connectivity index (χ0v) is 9.50. The number of hydrogen-bond donors (Lipinski definition) is 1. The van der Waals surface area contributed by atoms with Crippen LogP contribution < -0.4 is 4.74 Å². The normalized spacial score (nSPS) is 10.6. The van der Waals surface area contributed by atoms with E-state index in [0.29, 0.717) is 11.4 Å². The first kappa shape index (κ1) is 11.2. The molecular weight excluding hydrogens is 214 g/mol. The highest BCUT2D eigenvalue weighted by Gasteiger charge is 2.05. The zero-order chi connectivity index (χ0) is 12.1. The summed E-state index contributed by atoms with van der Waals surface area (Å²) in [4.78, 5) is 4.25. The number of methoxy groups -OCH3 is 1. The molecule has 3 nitrogen and oxygen atoms in total. The molecule has 0 heterocycles. The van der Waals surface area contributed by atoms with E-state index in [1.165, 1.54) is 0 Å². The zero-order valence-electron chi connectivity index (χ0n) is 9.50. The summed E-state index contributed by atoms with van der Waals surface area (Å²) in [6.45, 7) is 0. The molecule has 0 amide bonds. The van der Waals surface area contributed by atoms with Gasteiger partial charge in [-0.2, -0.15) is 0 Å². The van der Waals surface area contributed by atoms with Crippen LogP contribution in [0.4, 0.5) is 5.69 Å². The average molecular weight is 227 g/mol. The second-order valence-electron chi connectivity index (χ2n) is 3.50. The molecule has 0 fully saturated rings. The van der Waals surface area contributed by atoms with Crippen LogP contribution in [0.1, 0.15) is 5.56 Å². The van der Waals surface area contributed by atoms with Gasteiger partial charge in [0.1, 0.15) is 17.2 Å². The Balaban J connectivity index is 2.33. The van der Waals surface area contributed by atoms with Crippen LogP contribution in [0.5, 0.6) is 11.5 Å². The highest BCUT2D eigenvalue weighted by Crippen LogP contribution is 2.35. The van der Waals surface area contributed by atoms with Crippen molar-refractivity contribution < 1.29 is 9.84 Å². The molecule has 2 aromatic rings. The van der Waals surface area contributed by atoms with Gasteiger partial charge in [0.25, 0.3) is 0 Å². The van der Waals surface area contributed by atoms with Gasteiger partial charge in [-0.15, -0.1) is 0 Å². The van der Waals surface area contributed by atoms with E-state index in [4.69, 9.17) is 4.74 Å². The number of aliphatic imine (C=N–C) groups is 1. The van der Waals surface area contributed by atoms with Crippen molar-refractivity contribution in [3.63, 3.8) is 0 Å². The van der Waals surface area contributed by atoms with Crippen molar-refractivity contribution in [2.75, 3.05) is 7.11 Å². The molecule has 0 aromatic heterocycles. The largest absolute Gasteiger partial charge is 0.506 e. The number of rotatable bonds is 3. The molecule has 0 spiro atoms. The Labute approximate surface area is 100 Å². The van der Waals surface area contributed by atoms with Crippen LogP contribution in [0, 0.1) is 0 Å². The minimum atomic E-state index is 0.108. The molecule has 17 heavy (non-hydrogen) atoms. The Morgan fingerprint density at radius 2 is 1.82 bits per heavy atom. The summed E-state index contributed by atoms with van der Waals surface area (Å²) in [5, 5.41) is 9.71. The Hall–Kier alpha value is -2.29. The predicted octanol–water partition coefficient (Wildman–Crippen LogP) is 3.15. The van der Waals surface area contributed by atoms with Gasteiger partial charge in [0.15, 0.2) is 0 Å².